The molecule has 0 N–H and O–H groups in total. The van der Waals surface area contributed by atoms with E-state index in [2.05, 4.69) is 139 Å². The average Bonchev–Trinajstić information content (AvgIpc) is 3.56. The van der Waals surface area contributed by atoms with Gasteiger partial charge in [0.2, 0.25) is 18.1 Å². The Kier molecular flexibility index (Phi) is 5.29. The van der Waals surface area contributed by atoms with Crippen LogP contribution < -0.4 is 0 Å². The molecule has 0 saturated carbocycles. The average molecular weight is 460 g/mol. The molecule has 3 nitrogen and oxygen atoms in total. The third-order valence-corrected chi connectivity index (χ3v) is 7.42. The molecular weight excluding hydrogens is 426 g/mol. The Balaban J connectivity index is 1.55. The molecule has 0 amide bonds. The molecule has 3 aromatic carbocycles. The zero-order chi connectivity index (χ0) is 24.1. The topological polar surface area (TPSA) is 10.9 Å². The summed E-state index contributed by atoms with van der Waals surface area (Å²) in [5.74, 6) is 0.822. The predicted octanol–water partition coefficient (Wildman–Crippen LogP) is 7.42. The van der Waals surface area contributed by atoms with Crippen molar-refractivity contribution in [3.63, 3.8) is 0 Å². The van der Waals surface area contributed by atoms with Crippen molar-refractivity contribution in [2.45, 2.75) is 52.2 Å². The quantitative estimate of drug-likeness (QED) is 0.275. The normalized spacial score (nSPS) is 16.5. The smallest absolute Gasteiger partial charge is 0.308 e. The summed E-state index contributed by atoms with van der Waals surface area (Å²) in [5, 5.41) is 0. The van der Waals surface area contributed by atoms with Crippen LogP contribution in [0.4, 0.5) is 5.69 Å². The Morgan fingerprint density at radius 3 is 2.00 bits per heavy atom. The first-order chi connectivity index (χ1) is 17.0. The molecule has 1 atom stereocenters. The number of para-hydroxylation sites is 1. The van der Waals surface area contributed by atoms with Crippen molar-refractivity contribution < 1.29 is 9.15 Å². The predicted molar refractivity (Wildman–Crippen MR) is 145 cm³/mol. The largest absolute Gasteiger partial charge is 0.391 e. The van der Waals surface area contributed by atoms with Crippen molar-refractivity contribution in [2.24, 2.45) is 0 Å². The van der Waals surface area contributed by atoms with Gasteiger partial charge in [-0.15, -0.1) is 4.58 Å². The van der Waals surface area contributed by atoms with Crippen LogP contribution in [0.3, 0.4) is 0 Å². The van der Waals surface area contributed by atoms with E-state index in [9.17, 15) is 0 Å². The highest BCUT2D eigenvalue weighted by Crippen LogP contribution is 2.42. The SMILES string of the molecule is CC(C)c1cc(-c2ccccc2)cc(C(C)C)c1-n1ccc2c1C1[N+](=CC=[N+]1c1ccccc1)C2. The van der Waals surface area contributed by atoms with Crippen LogP contribution in [0.1, 0.15) is 68.1 Å². The fourth-order valence-electron chi connectivity index (χ4n) is 5.67. The minimum Gasteiger partial charge on any atom is -0.308 e. The van der Waals surface area contributed by atoms with Crippen molar-refractivity contribution in [3.8, 4) is 16.8 Å². The monoisotopic (exact) mass is 459 g/mol. The highest BCUT2D eigenvalue weighted by atomic mass is 15.3. The van der Waals surface area contributed by atoms with Crippen molar-refractivity contribution >= 4 is 18.1 Å². The third kappa shape index (κ3) is 3.58. The van der Waals surface area contributed by atoms with Gasteiger partial charge in [-0.1, -0.05) is 76.2 Å². The van der Waals surface area contributed by atoms with E-state index in [1.807, 2.05) is 0 Å². The number of benzene rings is 3. The van der Waals surface area contributed by atoms with Crippen LogP contribution in [0.2, 0.25) is 0 Å². The van der Waals surface area contributed by atoms with Gasteiger partial charge in [-0.3, -0.25) is 0 Å². The van der Waals surface area contributed by atoms with Gasteiger partial charge in [0.1, 0.15) is 0 Å². The Bertz CT molecular complexity index is 1420. The summed E-state index contributed by atoms with van der Waals surface area (Å²) in [4.78, 5) is 0. The fourth-order valence-corrected chi connectivity index (χ4v) is 5.67. The second-order valence-electron chi connectivity index (χ2n) is 10.4. The van der Waals surface area contributed by atoms with Crippen LogP contribution in [0, 0.1) is 0 Å². The Morgan fingerprint density at radius 1 is 0.743 bits per heavy atom. The summed E-state index contributed by atoms with van der Waals surface area (Å²) in [6, 6.07) is 28.7. The molecule has 6 rings (SSSR count). The van der Waals surface area contributed by atoms with Gasteiger partial charge in [-0.25, -0.2) is 0 Å². The molecule has 1 aromatic heterocycles. The number of nitrogens with zero attached hydrogens (tertiary/aromatic N) is 3. The van der Waals surface area contributed by atoms with Gasteiger partial charge < -0.3 is 4.57 Å². The number of hydrogen-bond acceptors (Lipinski definition) is 0. The molecule has 0 aliphatic carbocycles. The summed E-state index contributed by atoms with van der Waals surface area (Å²) in [6.07, 6.45) is 6.95. The van der Waals surface area contributed by atoms with Crippen LogP contribution in [0.5, 0.6) is 0 Å². The summed E-state index contributed by atoms with van der Waals surface area (Å²) in [7, 11) is 0. The molecule has 174 valence electrons. The number of fused-ring (bicyclic) bond motifs is 3. The summed E-state index contributed by atoms with van der Waals surface area (Å²) in [5.41, 5.74) is 10.8. The van der Waals surface area contributed by atoms with Crippen molar-refractivity contribution in [1.29, 1.82) is 0 Å². The third-order valence-electron chi connectivity index (χ3n) is 7.42. The van der Waals surface area contributed by atoms with Crippen LogP contribution >= 0.6 is 0 Å². The molecule has 2 aliphatic rings. The van der Waals surface area contributed by atoms with Gasteiger partial charge in [-0.05, 0) is 52.3 Å². The lowest BCUT2D eigenvalue weighted by Gasteiger charge is -2.24. The molecule has 4 aromatic rings. The maximum atomic E-state index is 2.50. The molecule has 0 spiro atoms. The van der Waals surface area contributed by atoms with Gasteiger partial charge in [0.25, 0.3) is 0 Å². The Labute approximate surface area is 208 Å². The van der Waals surface area contributed by atoms with Gasteiger partial charge >= 0.3 is 6.17 Å². The first kappa shape index (κ1) is 21.8. The molecule has 0 fully saturated rings. The lowest BCUT2D eigenvalue weighted by atomic mass is 9.88. The number of hydrogen-bond donors (Lipinski definition) is 0. The first-order valence-electron chi connectivity index (χ1n) is 12.7. The number of aromatic nitrogens is 1. The van der Waals surface area contributed by atoms with Crippen LogP contribution in [-0.4, -0.2) is 26.1 Å². The maximum absolute atomic E-state index is 2.50. The second kappa shape index (κ2) is 8.49. The van der Waals surface area contributed by atoms with E-state index in [0.717, 1.165) is 6.54 Å². The van der Waals surface area contributed by atoms with E-state index in [-0.39, 0.29) is 6.17 Å². The molecule has 0 bridgehead atoms. The van der Waals surface area contributed by atoms with Gasteiger partial charge in [0, 0.05) is 18.3 Å². The highest BCUT2D eigenvalue weighted by Gasteiger charge is 2.49. The van der Waals surface area contributed by atoms with Crippen molar-refractivity contribution in [3.05, 3.63) is 107 Å². The minimum absolute atomic E-state index is 0.177. The van der Waals surface area contributed by atoms with Gasteiger partial charge in [-0.2, -0.15) is 4.58 Å². The standard InChI is InChI=1S/C32H33N3/c1-22(2)28-19-26(24-11-7-5-8-12-24)20-29(23(3)4)31(28)35-16-15-25-21-33-17-18-34(32(33)30(25)35)27-13-9-6-10-14-27/h5-20,22-23,32H,21H2,1-4H3/q+2. The summed E-state index contributed by atoms with van der Waals surface area (Å²) < 4.78 is 7.36. The fraction of sp³-hybridized carbons (Fsp3) is 0.250. The zero-order valence-corrected chi connectivity index (χ0v) is 21.0. The number of rotatable bonds is 5. The van der Waals surface area contributed by atoms with Crippen LogP contribution in [-0.2, 0) is 6.54 Å². The lowest BCUT2D eigenvalue weighted by Crippen LogP contribution is -2.20. The van der Waals surface area contributed by atoms with Crippen molar-refractivity contribution in [2.75, 3.05) is 0 Å². The van der Waals surface area contributed by atoms with Gasteiger partial charge in [0.15, 0.2) is 12.2 Å². The molecule has 3 heterocycles. The van der Waals surface area contributed by atoms with E-state index in [0.29, 0.717) is 11.8 Å². The van der Waals surface area contributed by atoms with E-state index in [1.165, 1.54) is 44.9 Å². The summed E-state index contributed by atoms with van der Waals surface area (Å²) in [6.45, 7) is 10.2. The molecule has 35 heavy (non-hydrogen) atoms. The lowest BCUT2D eigenvalue weighted by molar-refractivity contribution is -0.739. The Hall–Kier alpha value is -3.72. The molecule has 3 heteroatoms. The molecule has 2 aliphatic heterocycles. The van der Waals surface area contributed by atoms with E-state index >= 15 is 0 Å². The Morgan fingerprint density at radius 2 is 1.37 bits per heavy atom. The molecule has 0 radical (unpaired) electrons. The van der Waals surface area contributed by atoms with E-state index < -0.39 is 0 Å². The zero-order valence-electron chi connectivity index (χ0n) is 21.0. The molecular formula is C32H33N3+2. The summed E-state index contributed by atoms with van der Waals surface area (Å²) >= 11 is 0. The molecule has 1 unspecified atom stereocenters. The van der Waals surface area contributed by atoms with Gasteiger partial charge in [0.05, 0.1) is 11.3 Å². The first-order valence-corrected chi connectivity index (χ1v) is 12.7. The van der Waals surface area contributed by atoms with Crippen LogP contribution in [0.15, 0.2) is 85.1 Å². The van der Waals surface area contributed by atoms with Crippen molar-refractivity contribution in [1.82, 2.24) is 4.57 Å². The highest BCUT2D eigenvalue weighted by molar-refractivity contribution is 6.12. The maximum Gasteiger partial charge on any atom is 0.391 e. The van der Waals surface area contributed by atoms with E-state index in [1.54, 1.807) is 0 Å². The van der Waals surface area contributed by atoms with Crippen LogP contribution in [0.25, 0.3) is 16.8 Å². The minimum atomic E-state index is 0.177. The second-order valence-corrected chi connectivity index (χ2v) is 10.4. The van der Waals surface area contributed by atoms with E-state index in [4.69, 9.17) is 0 Å². The molecule has 0 saturated heterocycles.